The Kier molecular flexibility index (Phi) is 5.77. The first-order valence-corrected chi connectivity index (χ1v) is 8.51. The van der Waals surface area contributed by atoms with Gasteiger partial charge in [-0.05, 0) is 59.7 Å². The fourth-order valence-electron chi connectivity index (χ4n) is 2.47. The molecule has 0 aliphatic rings. The number of anilines is 1. The van der Waals surface area contributed by atoms with Gasteiger partial charge in [-0.1, -0.05) is 35.9 Å². The molecule has 132 valence electrons. The molecule has 5 heteroatoms. The van der Waals surface area contributed by atoms with Gasteiger partial charge in [-0.2, -0.15) is 0 Å². The van der Waals surface area contributed by atoms with Crippen LogP contribution >= 0.6 is 11.6 Å². The Labute approximate surface area is 157 Å². The van der Waals surface area contributed by atoms with E-state index < -0.39 is 5.97 Å². The monoisotopic (exact) mass is 367 g/mol. The molecule has 2 N–H and O–H groups in total. The van der Waals surface area contributed by atoms with Gasteiger partial charge in [-0.15, -0.1) is 0 Å². The molecule has 0 saturated heterocycles. The van der Waals surface area contributed by atoms with Gasteiger partial charge in [0.1, 0.15) is 12.4 Å². The van der Waals surface area contributed by atoms with E-state index >= 15 is 0 Å². The van der Waals surface area contributed by atoms with Gasteiger partial charge in [0.15, 0.2) is 0 Å². The van der Waals surface area contributed by atoms with Crippen molar-refractivity contribution in [3.8, 4) is 5.75 Å². The van der Waals surface area contributed by atoms with Crippen LogP contribution in [-0.4, -0.2) is 11.1 Å². The number of hydrogen-bond acceptors (Lipinski definition) is 3. The number of carboxylic acids is 1. The molecule has 26 heavy (non-hydrogen) atoms. The third kappa shape index (κ3) is 5.01. The summed E-state index contributed by atoms with van der Waals surface area (Å²) in [6.45, 7) is 1.06. The molecule has 0 aliphatic carbocycles. The Morgan fingerprint density at radius 2 is 1.69 bits per heavy atom. The van der Waals surface area contributed by atoms with E-state index in [9.17, 15) is 4.79 Å². The Balaban J connectivity index is 1.57. The largest absolute Gasteiger partial charge is 0.489 e. The molecule has 0 radical (unpaired) electrons. The van der Waals surface area contributed by atoms with Crippen molar-refractivity contribution in [1.29, 1.82) is 0 Å². The van der Waals surface area contributed by atoms with E-state index in [2.05, 4.69) is 5.32 Å². The molecule has 0 unspecified atom stereocenters. The summed E-state index contributed by atoms with van der Waals surface area (Å²) in [7, 11) is 0. The van der Waals surface area contributed by atoms with Crippen molar-refractivity contribution in [3.05, 3.63) is 94.5 Å². The Morgan fingerprint density at radius 1 is 0.962 bits per heavy atom. The summed E-state index contributed by atoms with van der Waals surface area (Å²) >= 11 is 5.98. The van der Waals surface area contributed by atoms with Crippen LogP contribution in [-0.2, 0) is 13.2 Å². The zero-order valence-corrected chi connectivity index (χ0v) is 14.7. The van der Waals surface area contributed by atoms with Crippen LogP contribution in [0.4, 0.5) is 5.69 Å². The summed E-state index contributed by atoms with van der Waals surface area (Å²) in [4.78, 5) is 10.9. The van der Waals surface area contributed by atoms with Crippen LogP contribution in [0.3, 0.4) is 0 Å². The van der Waals surface area contributed by atoms with E-state index in [0.717, 1.165) is 22.6 Å². The fourth-order valence-corrected chi connectivity index (χ4v) is 2.69. The molecule has 0 bridgehead atoms. The van der Waals surface area contributed by atoms with E-state index in [1.54, 1.807) is 24.3 Å². The van der Waals surface area contributed by atoms with Crippen molar-refractivity contribution in [3.63, 3.8) is 0 Å². The first-order chi connectivity index (χ1) is 12.6. The lowest BCUT2D eigenvalue weighted by Crippen LogP contribution is -2.01. The second-order valence-corrected chi connectivity index (χ2v) is 6.24. The van der Waals surface area contributed by atoms with E-state index in [4.69, 9.17) is 21.4 Å². The smallest absolute Gasteiger partial charge is 0.335 e. The van der Waals surface area contributed by atoms with Crippen LogP contribution in [0.2, 0.25) is 5.02 Å². The van der Waals surface area contributed by atoms with E-state index in [1.807, 2.05) is 48.5 Å². The summed E-state index contributed by atoms with van der Waals surface area (Å²) in [6, 6.07) is 22.1. The van der Waals surface area contributed by atoms with Gasteiger partial charge < -0.3 is 15.2 Å². The van der Waals surface area contributed by atoms with Crippen molar-refractivity contribution in [1.82, 2.24) is 0 Å². The van der Waals surface area contributed by atoms with Gasteiger partial charge in [-0.3, -0.25) is 0 Å². The number of rotatable bonds is 7. The number of hydrogen-bond donors (Lipinski definition) is 2. The van der Waals surface area contributed by atoms with Crippen molar-refractivity contribution >= 4 is 23.3 Å². The average Bonchev–Trinajstić information content (AvgIpc) is 2.65. The van der Waals surface area contributed by atoms with Crippen LogP contribution in [0.25, 0.3) is 0 Å². The number of halogens is 1. The maximum atomic E-state index is 10.9. The highest BCUT2D eigenvalue weighted by Crippen LogP contribution is 2.18. The molecule has 0 saturated carbocycles. The van der Waals surface area contributed by atoms with E-state index in [0.29, 0.717) is 18.2 Å². The van der Waals surface area contributed by atoms with Crippen LogP contribution in [0.1, 0.15) is 21.5 Å². The number of ether oxygens (including phenoxy) is 1. The van der Waals surface area contributed by atoms with Crippen LogP contribution in [0.5, 0.6) is 5.75 Å². The third-order valence-electron chi connectivity index (χ3n) is 3.82. The van der Waals surface area contributed by atoms with Gasteiger partial charge in [0.25, 0.3) is 0 Å². The molecule has 4 nitrogen and oxygen atoms in total. The van der Waals surface area contributed by atoms with Gasteiger partial charge in [-0.25, -0.2) is 4.79 Å². The number of nitrogens with one attached hydrogen (secondary N) is 1. The van der Waals surface area contributed by atoms with Crippen LogP contribution < -0.4 is 10.1 Å². The molecule has 3 aromatic rings. The highest BCUT2D eigenvalue weighted by Gasteiger charge is 2.02. The van der Waals surface area contributed by atoms with Gasteiger partial charge in [0.05, 0.1) is 5.56 Å². The summed E-state index contributed by atoms with van der Waals surface area (Å²) in [6.07, 6.45) is 0. The third-order valence-corrected chi connectivity index (χ3v) is 4.06. The zero-order valence-electron chi connectivity index (χ0n) is 14.0. The van der Waals surface area contributed by atoms with Gasteiger partial charge in [0.2, 0.25) is 0 Å². The molecule has 0 aliphatic heterocycles. The summed E-state index contributed by atoms with van der Waals surface area (Å²) < 4.78 is 5.83. The normalized spacial score (nSPS) is 10.3. The second-order valence-electron chi connectivity index (χ2n) is 5.80. The molecular formula is C21H18ClNO3. The minimum atomic E-state index is -0.930. The number of carboxylic acid groups (broad SMARTS) is 1. The topological polar surface area (TPSA) is 58.6 Å². The van der Waals surface area contributed by atoms with Crippen LogP contribution in [0.15, 0.2) is 72.8 Å². The summed E-state index contributed by atoms with van der Waals surface area (Å²) in [5, 5.41) is 12.9. The lowest BCUT2D eigenvalue weighted by atomic mass is 10.2. The maximum Gasteiger partial charge on any atom is 0.335 e. The molecule has 3 rings (SSSR count). The minimum Gasteiger partial charge on any atom is -0.489 e. The van der Waals surface area contributed by atoms with E-state index in [1.165, 1.54) is 0 Å². The standard InChI is InChI=1S/C21H18ClNO3/c22-18-5-1-4-16(11-18)14-26-20-6-2-3-15(12-20)13-23-19-9-7-17(8-10-19)21(24)25/h1-12,23H,13-14H2,(H,24,25). The molecule has 0 atom stereocenters. The lowest BCUT2D eigenvalue weighted by molar-refractivity contribution is 0.0697. The van der Waals surface area contributed by atoms with Crippen LogP contribution in [0, 0.1) is 0 Å². The molecule has 0 aromatic heterocycles. The van der Waals surface area contributed by atoms with Crippen molar-refractivity contribution in [2.75, 3.05) is 5.32 Å². The number of benzene rings is 3. The van der Waals surface area contributed by atoms with E-state index in [-0.39, 0.29) is 5.56 Å². The second kappa shape index (κ2) is 8.41. The first-order valence-electron chi connectivity index (χ1n) is 8.13. The van der Waals surface area contributed by atoms with Crippen molar-refractivity contribution in [2.24, 2.45) is 0 Å². The average molecular weight is 368 g/mol. The Morgan fingerprint density at radius 3 is 2.42 bits per heavy atom. The zero-order chi connectivity index (χ0) is 18.4. The number of carbonyl (C=O) groups is 1. The quantitative estimate of drug-likeness (QED) is 0.600. The molecular weight excluding hydrogens is 350 g/mol. The van der Waals surface area contributed by atoms with Crippen molar-refractivity contribution < 1.29 is 14.6 Å². The minimum absolute atomic E-state index is 0.270. The van der Waals surface area contributed by atoms with Crippen molar-refractivity contribution in [2.45, 2.75) is 13.2 Å². The summed E-state index contributed by atoms with van der Waals surface area (Å²) in [5.74, 6) is -0.147. The molecule has 0 fully saturated rings. The molecule has 0 spiro atoms. The maximum absolute atomic E-state index is 10.9. The SMILES string of the molecule is O=C(O)c1ccc(NCc2cccc(OCc3cccc(Cl)c3)c2)cc1. The van der Waals surface area contributed by atoms with Gasteiger partial charge in [0, 0.05) is 17.3 Å². The molecule has 3 aromatic carbocycles. The lowest BCUT2D eigenvalue weighted by Gasteiger charge is -2.10. The first kappa shape index (κ1) is 17.8. The highest BCUT2D eigenvalue weighted by molar-refractivity contribution is 6.30. The Bertz CT molecular complexity index is 894. The Hall–Kier alpha value is -2.98. The fraction of sp³-hybridized carbons (Fsp3) is 0.0952. The molecule has 0 heterocycles. The number of aromatic carboxylic acids is 1. The summed E-state index contributed by atoms with van der Waals surface area (Å²) in [5.41, 5.74) is 3.21. The highest BCUT2D eigenvalue weighted by atomic mass is 35.5. The van der Waals surface area contributed by atoms with Gasteiger partial charge >= 0.3 is 5.97 Å². The predicted molar refractivity (Wildman–Crippen MR) is 103 cm³/mol. The predicted octanol–water partition coefficient (Wildman–Crippen LogP) is 5.23. The molecule has 0 amide bonds.